The molecule has 5 N–H and O–H groups in total. The van der Waals surface area contributed by atoms with Crippen LogP contribution >= 0.6 is 0 Å². The number of nitrogens with one attached hydrogen (secondary N) is 5. The van der Waals surface area contributed by atoms with Gasteiger partial charge in [0.1, 0.15) is 6.04 Å². The largest absolute Gasteiger partial charge is 0.379 e. The second-order valence-electron chi connectivity index (χ2n) is 22.9. The van der Waals surface area contributed by atoms with Gasteiger partial charge in [-0.05, 0) is 74.9 Å². The Morgan fingerprint density at radius 3 is 1.88 bits per heavy atom. The molecule has 25 nitrogen and oxygen atoms in total. The summed E-state index contributed by atoms with van der Waals surface area (Å²) >= 11 is 0. The number of anilines is 1. The number of imide groups is 1. The zero-order valence-electron chi connectivity index (χ0n) is 52.7. The third-order valence-corrected chi connectivity index (χ3v) is 17.5. The Morgan fingerprint density at radius 1 is 0.729 bits per heavy atom. The maximum absolute atomic E-state index is 14.2. The molecule has 2 aliphatic heterocycles. The molecule has 0 saturated carbocycles. The first-order valence-corrected chi connectivity index (χ1v) is 31.3. The van der Waals surface area contributed by atoms with Gasteiger partial charge in [0.25, 0.3) is 10.0 Å². The Hall–Kier alpha value is -5.64. The smallest absolute Gasteiger partial charge is 0.264 e. The lowest BCUT2D eigenvalue weighted by Crippen LogP contribution is -2.55. The summed E-state index contributed by atoms with van der Waals surface area (Å²) in [6.45, 7) is 17.9. The molecule has 0 aliphatic carbocycles. The van der Waals surface area contributed by atoms with E-state index in [-0.39, 0.29) is 142 Å². The molecule has 3 rings (SSSR count). The number of likely N-dealkylation sites (N-methyl/N-ethyl adjacent to an activating group) is 2. The van der Waals surface area contributed by atoms with E-state index in [4.69, 9.17) is 23.7 Å². The number of rotatable bonds is 39. The molecule has 2 heterocycles. The van der Waals surface area contributed by atoms with Crippen molar-refractivity contribution in [1.29, 1.82) is 0 Å². The summed E-state index contributed by atoms with van der Waals surface area (Å²) in [4.78, 5) is 124. The maximum Gasteiger partial charge on any atom is 0.264 e. The summed E-state index contributed by atoms with van der Waals surface area (Å²) in [7, 11) is 3.66. The van der Waals surface area contributed by atoms with Gasteiger partial charge in [-0.2, -0.15) is 0 Å². The quantitative estimate of drug-likeness (QED) is 0.0467. The molecule has 2 fully saturated rings. The molecule has 9 atom stereocenters. The summed E-state index contributed by atoms with van der Waals surface area (Å²) in [5, 5.41) is 10.5. The number of likely N-dealkylation sites (tertiary alicyclic amines) is 2. The van der Waals surface area contributed by atoms with Crippen molar-refractivity contribution in [2.75, 3.05) is 106 Å². The highest BCUT2D eigenvalue weighted by Gasteiger charge is 2.44. The summed E-state index contributed by atoms with van der Waals surface area (Å²) in [6, 6.07) is 2.49. The first-order valence-electron chi connectivity index (χ1n) is 29.8. The zero-order chi connectivity index (χ0) is 63.7. The van der Waals surface area contributed by atoms with E-state index >= 15 is 0 Å². The van der Waals surface area contributed by atoms with Gasteiger partial charge in [-0.1, -0.05) is 81.6 Å². The van der Waals surface area contributed by atoms with Gasteiger partial charge < -0.3 is 54.8 Å². The molecule has 2 saturated heterocycles. The third kappa shape index (κ3) is 22.2. The van der Waals surface area contributed by atoms with Gasteiger partial charge in [-0.15, -0.1) is 0 Å². The molecule has 0 aromatic heterocycles. The number of hydrogen-bond acceptors (Lipinski definition) is 17. The SMILES string of the molecule is CCC(CC)C1CC(=O)N(CCOCCOCCOCCC(=O)NC(C(=O)NCC(=O)Nc2ccc(S(=O)(=O)NC(=O)[C@H](C)[C@@H](OC)[C@@H]3CCCN3C(=O)C[C@@H](OC)[C@H]([C@@H](C)CC)N(C)C(=O)CNC(=O)C(C(C)C)N(C)C)cc2)C(C)C)C1=O. The number of nitrogens with zero attached hydrogens (tertiary/aromatic N) is 4. The Morgan fingerprint density at radius 2 is 1.33 bits per heavy atom. The number of hydrogen-bond donors (Lipinski definition) is 5. The van der Waals surface area contributed by atoms with Crippen molar-refractivity contribution in [2.24, 2.45) is 35.5 Å². The first-order chi connectivity index (χ1) is 40.2. The highest BCUT2D eigenvalue weighted by Crippen LogP contribution is 2.32. The van der Waals surface area contributed by atoms with Crippen LogP contribution in [-0.2, 0) is 76.9 Å². The third-order valence-electron chi connectivity index (χ3n) is 16.1. The molecular formula is C59H99N9O16S. The highest BCUT2D eigenvalue weighted by atomic mass is 32.2. The van der Waals surface area contributed by atoms with E-state index in [2.05, 4.69) is 26.0 Å². The number of sulfonamides is 1. The fourth-order valence-corrected chi connectivity index (χ4v) is 12.2. The second kappa shape index (κ2) is 36.5. The molecule has 0 radical (unpaired) electrons. The molecule has 85 heavy (non-hydrogen) atoms. The van der Waals surface area contributed by atoms with Crippen molar-refractivity contribution < 1.29 is 75.3 Å². The summed E-state index contributed by atoms with van der Waals surface area (Å²) in [5.74, 6) is -5.29. The Labute approximate surface area is 503 Å². The Bertz CT molecular complexity index is 2450. The molecule has 3 unspecified atom stereocenters. The number of benzene rings is 1. The molecule has 1 aromatic rings. The van der Waals surface area contributed by atoms with E-state index in [1.807, 2.05) is 41.5 Å². The van der Waals surface area contributed by atoms with Crippen LogP contribution in [0.3, 0.4) is 0 Å². The zero-order valence-corrected chi connectivity index (χ0v) is 53.5. The van der Waals surface area contributed by atoms with Crippen LogP contribution in [0.2, 0.25) is 0 Å². The normalized spacial score (nSPS) is 18.0. The van der Waals surface area contributed by atoms with Crippen LogP contribution in [0.5, 0.6) is 0 Å². The van der Waals surface area contributed by atoms with Crippen LogP contribution < -0.4 is 26.0 Å². The van der Waals surface area contributed by atoms with Crippen molar-refractivity contribution in [3.05, 3.63) is 24.3 Å². The van der Waals surface area contributed by atoms with E-state index in [0.29, 0.717) is 25.8 Å². The standard InChI is InChI=1S/C59H99N9O16S/c1-15-39(8)54(66(12)51(73)36-61-58(76)53(38(6)7)65(10)11)46(80-13)34-50(72)67-25-18-19-45(67)55(81-14)40(9)56(74)64-85(78,79)43-22-20-42(21-23-43)62-48(70)35-60-57(75)52(37(4)5)63-47(69)24-27-82-29-31-84-32-30-83-28-26-68-49(71)33-44(59(68)77)41(16-2)17-3/h20-23,37-41,44-46,52-55H,15-19,24-36H2,1-14H3,(H,60,75)(H,61,76)(H,62,70)(H,63,69)(H,64,74)/t39-,40+,44?,45-,46+,52?,53?,54-,55+/m0/s1. The maximum atomic E-state index is 14.2. The van der Waals surface area contributed by atoms with E-state index in [1.54, 1.807) is 44.8 Å². The molecule has 9 amide bonds. The van der Waals surface area contributed by atoms with E-state index in [1.165, 1.54) is 55.2 Å². The molecular weight excluding hydrogens is 1120 g/mol. The first kappa shape index (κ1) is 73.6. The molecule has 1 aromatic carbocycles. The Kier molecular flexibility index (Phi) is 31.6. The predicted octanol–water partition coefficient (Wildman–Crippen LogP) is 2.56. The fourth-order valence-electron chi connectivity index (χ4n) is 11.1. The summed E-state index contributed by atoms with van der Waals surface area (Å²) < 4.78 is 57.5. The summed E-state index contributed by atoms with van der Waals surface area (Å²) in [6.07, 6.45) is 1.89. The number of carbonyl (C=O) groups is 9. The monoisotopic (exact) mass is 1220 g/mol. The highest BCUT2D eigenvalue weighted by molar-refractivity contribution is 7.90. The van der Waals surface area contributed by atoms with Gasteiger partial charge in [-0.3, -0.25) is 53.0 Å². The van der Waals surface area contributed by atoms with E-state index in [9.17, 15) is 51.6 Å². The van der Waals surface area contributed by atoms with Crippen molar-refractivity contribution >= 4 is 68.9 Å². The van der Waals surface area contributed by atoms with Crippen molar-refractivity contribution in [1.82, 2.24) is 40.3 Å². The molecule has 0 bridgehead atoms. The van der Waals surface area contributed by atoms with Gasteiger partial charge in [0.05, 0.1) is 113 Å². The molecule has 2 aliphatic rings. The minimum Gasteiger partial charge on any atom is -0.379 e. The number of amides is 9. The minimum atomic E-state index is -4.44. The fraction of sp³-hybridized carbons (Fsp3) is 0.746. The topological polar surface area (TPSA) is 307 Å². The lowest BCUT2D eigenvalue weighted by molar-refractivity contribution is -0.145. The van der Waals surface area contributed by atoms with E-state index < -0.39 is 82.5 Å². The minimum absolute atomic E-state index is 0.00866. The average Bonchev–Trinajstić information content (AvgIpc) is 4.30. The lowest BCUT2D eigenvalue weighted by Gasteiger charge is -2.39. The second-order valence-corrected chi connectivity index (χ2v) is 24.6. The van der Waals surface area contributed by atoms with Crippen LogP contribution in [0.25, 0.3) is 0 Å². The van der Waals surface area contributed by atoms with Crippen LogP contribution in [0.4, 0.5) is 5.69 Å². The lowest BCUT2D eigenvalue weighted by atomic mass is 9.87. The van der Waals surface area contributed by atoms with Gasteiger partial charge in [0.2, 0.25) is 53.2 Å². The van der Waals surface area contributed by atoms with Crippen molar-refractivity contribution in [3.63, 3.8) is 0 Å². The van der Waals surface area contributed by atoms with Gasteiger partial charge in [0, 0.05) is 46.3 Å². The van der Waals surface area contributed by atoms with E-state index in [0.717, 1.165) is 12.8 Å². The van der Waals surface area contributed by atoms with Crippen LogP contribution in [0.1, 0.15) is 114 Å². The van der Waals surface area contributed by atoms with Crippen LogP contribution in [0.15, 0.2) is 29.2 Å². The van der Waals surface area contributed by atoms with Crippen molar-refractivity contribution in [2.45, 2.75) is 155 Å². The molecule has 482 valence electrons. The molecule has 26 heteroatoms. The summed E-state index contributed by atoms with van der Waals surface area (Å²) in [5.41, 5.74) is 0.194. The van der Waals surface area contributed by atoms with Gasteiger partial charge in [0.15, 0.2) is 0 Å². The van der Waals surface area contributed by atoms with Crippen LogP contribution in [0, 0.1) is 35.5 Å². The number of carbonyl (C=O) groups excluding carboxylic acids is 9. The van der Waals surface area contributed by atoms with Crippen LogP contribution in [-0.4, -0.2) is 219 Å². The van der Waals surface area contributed by atoms with Gasteiger partial charge >= 0.3 is 0 Å². The molecule has 0 spiro atoms. The number of ether oxygens (including phenoxy) is 5. The van der Waals surface area contributed by atoms with Gasteiger partial charge in [-0.25, -0.2) is 13.1 Å². The number of methoxy groups -OCH3 is 2. The average molecular weight is 1220 g/mol. The van der Waals surface area contributed by atoms with Crippen molar-refractivity contribution in [3.8, 4) is 0 Å². The predicted molar refractivity (Wildman–Crippen MR) is 318 cm³/mol. The Balaban J connectivity index is 1.45.